The van der Waals surface area contributed by atoms with Crippen LogP contribution >= 0.6 is 22.7 Å². The van der Waals surface area contributed by atoms with Gasteiger partial charge in [-0.15, -0.1) is 22.7 Å². The Morgan fingerprint density at radius 3 is 1.69 bits per heavy atom. The predicted octanol–water partition coefficient (Wildman–Crippen LogP) is 5.47. The molecule has 0 aliphatic heterocycles. The van der Waals surface area contributed by atoms with Gasteiger partial charge in [0.2, 0.25) is 0 Å². The molecule has 0 aliphatic carbocycles. The number of carbonyl (C=O) groups is 2. The summed E-state index contributed by atoms with van der Waals surface area (Å²) in [5, 5.41) is 3.74. The quantitative estimate of drug-likeness (QED) is 0.399. The van der Waals surface area contributed by atoms with Crippen LogP contribution in [0.3, 0.4) is 0 Å². The van der Waals surface area contributed by atoms with Gasteiger partial charge in [0.1, 0.15) is 5.75 Å². The Labute approximate surface area is 177 Å². The first-order valence-electron chi connectivity index (χ1n) is 9.00. The van der Waals surface area contributed by atoms with Gasteiger partial charge in [0.25, 0.3) is 0 Å². The third kappa shape index (κ3) is 4.86. The molecule has 0 bridgehead atoms. The fourth-order valence-corrected chi connectivity index (χ4v) is 4.54. The van der Waals surface area contributed by atoms with E-state index in [1.165, 1.54) is 22.7 Å². The Kier molecular flexibility index (Phi) is 7.06. The monoisotopic (exact) mass is 430 g/mol. The highest BCUT2D eigenvalue weighted by Gasteiger charge is 2.26. The number of methoxy groups -OCH3 is 3. The van der Waals surface area contributed by atoms with Crippen LogP contribution in [0.2, 0.25) is 0 Å². The molecule has 0 saturated heterocycles. The van der Waals surface area contributed by atoms with Gasteiger partial charge in [0, 0.05) is 30.4 Å². The smallest absolute Gasteiger partial charge is 0.173 e. The van der Waals surface area contributed by atoms with Gasteiger partial charge in [-0.25, -0.2) is 0 Å². The lowest BCUT2D eigenvalue weighted by atomic mass is 9.87. The molecule has 0 unspecified atom stereocenters. The summed E-state index contributed by atoms with van der Waals surface area (Å²) in [6.07, 6.45) is 0.396. The zero-order valence-electron chi connectivity index (χ0n) is 16.5. The molecular weight excluding hydrogens is 408 g/mol. The highest BCUT2D eigenvalue weighted by atomic mass is 32.1. The Balaban J connectivity index is 1.99. The molecule has 152 valence electrons. The van der Waals surface area contributed by atoms with E-state index in [1.807, 2.05) is 22.9 Å². The van der Waals surface area contributed by atoms with Gasteiger partial charge in [0.15, 0.2) is 23.1 Å². The molecule has 0 N–H and O–H groups in total. The van der Waals surface area contributed by atoms with Gasteiger partial charge in [-0.05, 0) is 29.0 Å². The third-order valence-corrected chi connectivity index (χ3v) is 6.45. The molecule has 0 aliphatic rings. The first-order chi connectivity index (χ1) is 14.1. The van der Waals surface area contributed by atoms with Crippen molar-refractivity contribution in [1.29, 1.82) is 0 Å². The number of Topliss-reactive ketones (excluding diaryl/α,β-unsaturated/α-hetero) is 2. The Morgan fingerprint density at radius 2 is 1.28 bits per heavy atom. The second-order valence-electron chi connectivity index (χ2n) is 6.36. The summed E-state index contributed by atoms with van der Waals surface area (Å²) in [6.45, 7) is 0. The highest BCUT2D eigenvalue weighted by Crippen LogP contribution is 2.41. The van der Waals surface area contributed by atoms with Crippen LogP contribution in [0.25, 0.3) is 0 Å². The lowest BCUT2D eigenvalue weighted by molar-refractivity contribution is 0.0948. The number of thiophene rings is 2. The van der Waals surface area contributed by atoms with Crippen LogP contribution < -0.4 is 14.2 Å². The van der Waals surface area contributed by atoms with Gasteiger partial charge in [-0.3, -0.25) is 9.59 Å². The number of hydrogen-bond acceptors (Lipinski definition) is 7. The van der Waals surface area contributed by atoms with Crippen LogP contribution in [0, 0.1) is 0 Å². The number of ketones is 2. The maximum atomic E-state index is 12.8. The average Bonchev–Trinajstić information content (AvgIpc) is 3.46. The molecule has 1 aromatic carbocycles. The van der Waals surface area contributed by atoms with Crippen LogP contribution in [0.4, 0.5) is 0 Å². The number of ether oxygens (including phenoxy) is 3. The van der Waals surface area contributed by atoms with E-state index in [0.29, 0.717) is 27.0 Å². The lowest BCUT2D eigenvalue weighted by Gasteiger charge is -2.21. The molecule has 0 amide bonds. The van der Waals surface area contributed by atoms with E-state index in [1.54, 1.807) is 45.6 Å². The highest BCUT2D eigenvalue weighted by molar-refractivity contribution is 7.12. The minimum atomic E-state index is -0.353. The topological polar surface area (TPSA) is 61.8 Å². The maximum absolute atomic E-state index is 12.8. The van der Waals surface area contributed by atoms with Crippen molar-refractivity contribution in [3.8, 4) is 17.2 Å². The third-order valence-electron chi connectivity index (χ3n) is 4.63. The second-order valence-corrected chi connectivity index (χ2v) is 8.25. The van der Waals surface area contributed by atoms with Crippen molar-refractivity contribution < 1.29 is 23.8 Å². The summed E-state index contributed by atoms with van der Waals surface area (Å²) in [6, 6.07) is 10.8. The molecule has 2 aromatic heterocycles. The minimum absolute atomic E-state index is 0.000757. The fraction of sp³-hybridized carbons (Fsp3) is 0.273. The van der Waals surface area contributed by atoms with Crippen molar-refractivity contribution >= 4 is 34.2 Å². The van der Waals surface area contributed by atoms with Gasteiger partial charge in [0.05, 0.1) is 31.1 Å². The summed E-state index contributed by atoms with van der Waals surface area (Å²) in [5.74, 6) is 1.27. The molecule has 3 aromatic rings. The van der Waals surface area contributed by atoms with Crippen molar-refractivity contribution in [3.05, 3.63) is 62.5 Å². The summed E-state index contributed by atoms with van der Waals surface area (Å²) in [7, 11) is 4.66. The van der Waals surface area contributed by atoms with Gasteiger partial charge in [-0.2, -0.15) is 0 Å². The molecule has 0 atom stereocenters. The fourth-order valence-electron chi connectivity index (χ4n) is 3.19. The standard InChI is InChI=1S/C22H22O5S2/c1-25-18-13-20(27-3)19(26-2)12-15(18)14(10-16(23)21-6-4-8-28-21)11-17(24)22-7-5-9-29-22/h4-9,12-14H,10-11H2,1-3H3. The number of carbonyl (C=O) groups excluding carboxylic acids is 2. The Bertz CT molecular complexity index is 913. The number of benzene rings is 1. The molecular formula is C22H22O5S2. The summed E-state index contributed by atoms with van der Waals surface area (Å²) < 4.78 is 16.4. The van der Waals surface area contributed by atoms with Gasteiger partial charge >= 0.3 is 0 Å². The zero-order valence-corrected chi connectivity index (χ0v) is 18.1. The lowest BCUT2D eigenvalue weighted by Crippen LogP contribution is -2.13. The van der Waals surface area contributed by atoms with Crippen molar-refractivity contribution in [2.24, 2.45) is 0 Å². The van der Waals surface area contributed by atoms with E-state index >= 15 is 0 Å². The molecule has 0 fully saturated rings. The van der Waals surface area contributed by atoms with E-state index in [2.05, 4.69) is 0 Å². The van der Waals surface area contributed by atoms with E-state index in [0.717, 1.165) is 5.56 Å². The van der Waals surface area contributed by atoms with Crippen molar-refractivity contribution in [2.75, 3.05) is 21.3 Å². The summed E-state index contributed by atoms with van der Waals surface area (Å²) in [4.78, 5) is 27.0. The predicted molar refractivity (Wildman–Crippen MR) is 115 cm³/mol. The molecule has 7 heteroatoms. The Morgan fingerprint density at radius 1 is 0.793 bits per heavy atom. The normalized spacial score (nSPS) is 10.8. The van der Waals surface area contributed by atoms with Crippen molar-refractivity contribution in [3.63, 3.8) is 0 Å². The largest absolute Gasteiger partial charge is 0.496 e. The molecule has 0 radical (unpaired) electrons. The molecule has 0 saturated carbocycles. The van der Waals surface area contributed by atoms with Gasteiger partial charge in [-0.1, -0.05) is 12.1 Å². The first-order valence-corrected chi connectivity index (χ1v) is 10.8. The number of rotatable bonds is 10. The molecule has 5 nitrogen and oxygen atoms in total. The van der Waals surface area contributed by atoms with Crippen LogP contribution in [-0.4, -0.2) is 32.9 Å². The molecule has 29 heavy (non-hydrogen) atoms. The zero-order chi connectivity index (χ0) is 20.8. The van der Waals surface area contributed by atoms with Crippen LogP contribution in [-0.2, 0) is 0 Å². The van der Waals surface area contributed by atoms with Crippen LogP contribution in [0.5, 0.6) is 17.2 Å². The second kappa shape index (κ2) is 9.71. The van der Waals surface area contributed by atoms with Crippen LogP contribution in [0.1, 0.15) is 43.7 Å². The van der Waals surface area contributed by atoms with E-state index in [9.17, 15) is 9.59 Å². The summed E-state index contributed by atoms with van der Waals surface area (Å²) in [5.41, 5.74) is 0.750. The first kappa shape index (κ1) is 21.1. The SMILES string of the molecule is COc1cc(OC)c(C(CC(=O)c2cccs2)CC(=O)c2cccs2)cc1OC. The summed E-state index contributed by atoms with van der Waals surface area (Å²) >= 11 is 2.80. The minimum Gasteiger partial charge on any atom is -0.496 e. The number of hydrogen-bond donors (Lipinski definition) is 0. The van der Waals surface area contributed by atoms with Crippen LogP contribution in [0.15, 0.2) is 47.2 Å². The van der Waals surface area contributed by atoms with Crippen molar-refractivity contribution in [2.45, 2.75) is 18.8 Å². The van der Waals surface area contributed by atoms with E-state index < -0.39 is 0 Å². The average molecular weight is 431 g/mol. The molecule has 3 rings (SSSR count). The maximum Gasteiger partial charge on any atom is 0.173 e. The molecule has 0 spiro atoms. The van der Waals surface area contributed by atoms with E-state index in [4.69, 9.17) is 14.2 Å². The van der Waals surface area contributed by atoms with Gasteiger partial charge < -0.3 is 14.2 Å². The van der Waals surface area contributed by atoms with E-state index in [-0.39, 0.29) is 30.3 Å². The van der Waals surface area contributed by atoms with Crippen molar-refractivity contribution in [1.82, 2.24) is 0 Å². The molecule has 2 heterocycles. The Hall–Kier alpha value is -2.64.